The minimum absolute atomic E-state index is 0.515. The molecule has 1 aromatic carbocycles. The van der Waals surface area contributed by atoms with Gasteiger partial charge < -0.3 is 20.3 Å². The number of benzene rings is 1. The standard InChI is InChI=1S/C21H34N4O/c1-4-16-26-20-9-7-6-8-19(20)17-24-21(22-3)23-13-10-18-11-14-25(5-2)15-12-18/h4,6-9,18H,1,5,10-17H2,2-3H3,(H2,22,23,24). The van der Waals surface area contributed by atoms with Crippen molar-refractivity contribution >= 4 is 5.96 Å². The third-order valence-corrected chi connectivity index (χ3v) is 5.00. The maximum Gasteiger partial charge on any atom is 0.191 e. The van der Waals surface area contributed by atoms with Crippen molar-refractivity contribution in [3.63, 3.8) is 0 Å². The summed E-state index contributed by atoms with van der Waals surface area (Å²) >= 11 is 0. The molecule has 1 fully saturated rings. The van der Waals surface area contributed by atoms with Gasteiger partial charge in [-0.15, -0.1) is 0 Å². The van der Waals surface area contributed by atoms with Gasteiger partial charge >= 0.3 is 0 Å². The predicted octanol–water partition coefficient (Wildman–Crippen LogP) is 3.04. The van der Waals surface area contributed by atoms with Gasteiger partial charge in [-0.3, -0.25) is 4.99 Å². The number of guanidine groups is 1. The second-order valence-electron chi connectivity index (χ2n) is 6.73. The Morgan fingerprint density at radius 2 is 2.08 bits per heavy atom. The van der Waals surface area contributed by atoms with Crippen molar-refractivity contribution in [2.75, 3.05) is 39.8 Å². The molecule has 0 atom stereocenters. The van der Waals surface area contributed by atoms with Crippen LogP contribution in [0.4, 0.5) is 0 Å². The van der Waals surface area contributed by atoms with E-state index in [4.69, 9.17) is 4.74 Å². The summed E-state index contributed by atoms with van der Waals surface area (Å²) in [7, 11) is 1.81. The molecule has 0 spiro atoms. The van der Waals surface area contributed by atoms with Gasteiger partial charge in [-0.1, -0.05) is 37.8 Å². The van der Waals surface area contributed by atoms with E-state index in [1.807, 2.05) is 25.2 Å². The summed E-state index contributed by atoms with van der Waals surface area (Å²) in [4.78, 5) is 6.87. The average Bonchev–Trinajstić information content (AvgIpc) is 2.70. The smallest absolute Gasteiger partial charge is 0.191 e. The lowest BCUT2D eigenvalue weighted by Crippen LogP contribution is -2.39. The molecule has 0 unspecified atom stereocenters. The molecule has 1 aliphatic rings. The van der Waals surface area contributed by atoms with Crippen LogP contribution < -0.4 is 15.4 Å². The quantitative estimate of drug-likeness (QED) is 0.405. The third kappa shape index (κ3) is 6.71. The third-order valence-electron chi connectivity index (χ3n) is 5.00. The molecule has 0 amide bonds. The molecular formula is C21H34N4O. The van der Waals surface area contributed by atoms with Gasteiger partial charge in [0.25, 0.3) is 0 Å². The Bertz CT molecular complexity index is 565. The van der Waals surface area contributed by atoms with Crippen LogP contribution in [0.3, 0.4) is 0 Å². The fraction of sp³-hybridized carbons (Fsp3) is 0.571. The Labute approximate surface area is 158 Å². The van der Waals surface area contributed by atoms with Gasteiger partial charge in [0.15, 0.2) is 5.96 Å². The summed E-state index contributed by atoms with van der Waals surface area (Å²) in [6, 6.07) is 8.06. The Morgan fingerprint density at radius 3 is 2.77 bits per heavy atom. The van der Waals surface area contributed by atoms with Gasteiger partial charge in [0.1, 0.15) is 12.4 Å². The normalized spacial score (nSPS) is 16.3. The number of likely N-dealkylation sites (tertiary alicyclic amines) is 1. The number of hydrogen-bond donors (Lipinski definition) is 2. The van der Waals surface area contributed by atoms with E-state index in [2.05, 4.69) is 40.1 Å². The Kier molecular flexibility index (Phi) is 9.04. The maximum absolute atomic E-state index is 5.71. The van der Waals surface area contributed by atoms with Gasteiger partial charge in [0.05, 0.1) is 0 Å². The monoisotopic (exact) mass is 358 g/mol. The summed E-state index contributed by atoms with van der Waals surface area (Å²) in [6.07, 6.45) is 5.60. The van der Waals surface area contributed by atoms with Crippen molar-refractivity contribution in [1.82, 2.24) is 15.5 Å². The highest BCUT2D eigenvalue weighted by Gasteiger charge is 2.17. The van der Waals surface area contributed by atoms with Gasteiger partial charge in [-0.25, -0.2) is 0 Å². The van der Waals surface area contributed by atoms with Crippen LogP contribution in [0.15, 0.2) is 41.9 Å². The molecule has 1 aliphatic heterocycles. The zero-order chi connectivity index (χ0) is 18.6. The number of ether oxygens (including phenoxy) is 1. The van der Waals surface area contributed by atoms with Crippen molar-refractivity contribution < 1.29 is 4.74 Å². The molecule has 5 nitrogen and oxygen atoms in total. The first-order valence-electron chi connectivity index (χ1n) is 9.75. The topological polar surface area (TPSA) is 48.9 Å². The molecule has 1 heterocycles. The Morgan fingerprint density at radius 1 is 1.31 bits per heavy atom. The Hall–Kier alpha value is -2.01. The zero-order valence-electron chi connectivity index (χ0n) is 16.3. The summed E-state index contributed by atoms with van der Waals surface area (Å²) in [5, 5.41) is 6.82. The minimum atomic E-state index is 0.515. The molecule has 5 heteroatoms. The lowest BCUT2D eigenvalue weighted by Gasteiger charge is -2.31. The largest absolute Gasteiger partial charge is 0.489 e. The SMILES string of the molecule is C=CCOc1ccccc1CNC(=NC)NCCC1CCN(CC)CC1. The molecule has 1 saturated heterocycles. The van der Waals surface area contributed by atoms with Gasteiger partial charge in [-0.2, -0.15) is 0 Å². The van der Waals surface area contributed by atoms with E-state index in [0.29, 0.717) is 13.2 Å². The van der Waals surface area contributed by atoms with E-state index in [0.717, 1.165) is 29.7 Å². The van der Waals surface area contributed by atoms with Crippen LogP contribution in [0.2, 0.25) is 0 Å². The van der Waals surface area contributed by atoms with Crippen LogP contribution in [0.25, 0.3) is 0 Å². The number of nitrogens with zero attached hydrogens (tertiary/aromatic N) is 2. The van der Waals surface area contributed by atoms with Crippen LogP contribution in [-0.4, -0.2) is 50.7 Å². The average molecular weight is 359 g/mol. The van der Waals surface area contributed by atoms with Crippen molar-refractivity contribution in [3.8, 4) is 5.75 Å². The highest BCUT2D eigenvalue weighted by molar-refractivity contribution is 5.79. The number of aliphatic imine (C=N–C) groups is 1. The van der Waals surface area contributed by atoms with Gasteiger partial charge in [-0.05, 0) is 50.9 Å². The molecule has 1 aromatic rings. The molecule has 144 valence electrons. The van der Waals surface area contributed by atoms with E-state index >= 15 is 0 Å². The van der Waals surface area contributed by atoms with Crippen molar-refractivity contribution in [1.29, 1.82) is 0 Å². The second kappa shape index (κ2) is 11.6. The molecule has 26 heavy (non-hydrogen) atoms. The van der Waals surface area contributed by atoms with Crippen molar-refractivity contribution in [2.24, 2.45) is 10.9 Å². The Balaban J connectivity index is 1.72. The van der Waals surface area contributed by atoms with E-state index in [9.17, 15) is 0 Å². The molecule has 0 bridgehead atoms. The van der Waals surface area contributed by atoms with E-state index in [1.165, 1.54) is 38.9 Å². The molecule has 0 aromatic heterocycles. The van der Waals surface area contributed by atoms with E-state index in [1.54, 1.807) is 6.08 Å². The summed E-state index contributed by atoms with van der Waals surface area (Å²) in [5.74, 6) is 2.56. The zero-order valence-corrected chi connectivity index (χ0v) is 16.3. The fourth-order valence-corrected chi connectivity index (χ4v) is 3.32. The van der Waals surface area contributed by atoms with Crippen LogP contribution >= 0.6 is 0 Å². The van der Waals surface area contributed by atoms with E-state index < -0.39 is 0 Å². The van der Waals surface area contributed by atoms with Crippen LogP contribution in [0.5, 0.6) is 5.75 Å². The number of piperidine rings is 1. The first-order valence-corrected chi connectivity index (χ1v) is 9.75. The molecular weight excluding hydrogens is 324 g/mol. The second-order valence-corrected chi connectivity index (χ2v) is 6.73. The number of rotatable bonds is 9. The highest BCUT2D eigenvalue weighted by Crippen LogP contribution is 2.20. The summed E-state index contributed by atoms with van der Waals surface area (Å²) < 4.78 is 5.71. The van der Waals surface area contributed by atoms with Crippen LogP contribution in [-0.2, 0) is 6.54 Å². The number of nitrogens with one attached hydrogen (secondary N) is 2. The lowest BCUT2D eigenvalue weighted by molar-refractivity contribution is 0.187. The minimum Gasteiger partial charge on any atom is -0.489 e. The van der Waals surface area contributed by atoms with Gasteiger partial charge in [0, 0.05) is 25.7 Å². The molecule has 2 rings (SSSR count). The molecule has 0 aliphatic carbocycles. The number of para-hydroxylation sites is 1. The number of hydrogen-bond acceptors (Lipinski definition) is 3. The van der Waals surface area contributed by atoms with Crippen molar-refractivity contribution in [3.05, 3.63) is 42.5 Å². The van der Waals surface area contributed by atoms with E-state index in [-0.39, 0.29) is 0 Å². The summed E-state index contributed by atoms with van der Waals surface area (Å²) in [5.41, 5.74) is 1.12. The molecule has 0 saturated carbocycles. The fourth-order valence-electron chi connectivity index (χ4n) is 3.32. The highest BCUT2D eigenvalue weighted by atomic mass is 16.5. The molecule has 0 radical (unpaired) electrons. The molecule has 2 N–H and O–H groups in total. The lowest BCUT2D eigenvalue weighted by atomic mass is 9.93. The first-order chi connectivity index (χ1) is 12.8. The van der Waals surface area contributed by atoms with Gasteiger partial charge in [0.2, 0.25) is 0 Å². The predicted molar refractivity (Wildman–Crippen MR) is 110 cm³/mol. The summed E-state index contributed by atoms with van der Waals surface area (Å²) in [6.45, 7) is 11.8. The maximum atomic E-state index is 5.71. The van der Waals surface area contributed by atoms with Crippen LogP contribution in [0.1, 0.15) is 31.7 Å². The first kappa shape index (κ1) is 20.3. The van der Waals surface area contributed by atoms with Crippen molar-refractivity contribution in [2.45, 2.75) is 32.7 Å². The van der Waals surface area contributed by atoms with Crippen LogP contribution in [0, 0.1) is 5.92 Å².